The van der Waals surface area contributed by atoms with Crippen molar-refractivity contribution >= 4 is 49.7 Å². The first-order chi connectivity index (χ1) is 21.0. The van der Waals surface area contributed by atoms with Gasteiger partial charge in [-0.2, -0.15) is 13.2 Å². The number of alkyl halides is 3. The summed E-state index contributed by atoms with van der Waals surface area (Å²) < 4.78 is 63.5. The van der Waals surface area contributed by atoms with Crippen molar-refractivity contribution in [2.24, 2.45) is 0 Å². The number of aryl methyl sites for hydroxylation is 1. The Kier molecular flexibility index (Phi) is 11.6. The van der Waals surface area contributed by atoms with E-state index in [4.69, 9.17) is 5.11 Å². The molecule has 45 heavy (non-hydrogen) atoms. The van der Waals surface area contributed by atoms with Crippen LogP contribution in [-0.2, 0) is 16.0 Å². The number of rotatable bonds is 7. The van der Waals surface area contributed by atoms with Crippen LogP contribution in [0.1, 0.15) is 53.5 Å². The van der Waals surface area contributed by atoms with E-state index in [1.807, 2.05) is 24.0 Å². The number of carbonyl (C=O) groups excluding carboxylic acids is 1. The third kappa shape index (κ3) is 9.22. The van der Waals surface area contributed by atoms with E-state index >= 15 is 0 Å². The Balaban J connectivity index is 0.000000305. The van der Waals surface area contributed by atoms with Crippen LogP contribution in [0.5, 0.6) is 0 Å². The Hall–Kier alpha value is -4.08. The van der Waals surface area contributed by atoms with E-state index in [0.29, 0.717) is 5.56 Å². The number of carbonyl (C=O) groups is 3. The molecular formula is C30H29BrF3N3O7S. The number of hydrogen-bond acceptors (Lipinski definition) is 7. The summed E-state index contributed by atoms with van der Waals surface area (Å²) in [6.45, 7) is 6.44. The smallest absolute Gasteiger partial charge is 0.416 e. The van der Waals surface area contributed by atoms with Crippen LogP contribution < -0.4 is 5.32 Å². The van der Waals surface area contributed by atoms with Gasteiger partial charge < -0.3 is 20.4 Å². The van der Waals surface area contributed by atoms with Gasteiger partial charge in [-0.1, -0.05) is 34.1 Å². The van der Waals surface area contributed by atoms with E-state index in [1.165, 1.54) is 13.0 Å². The molecule has 2 heterocycles. The summed E-state index contributed by atoms with van der Waals surface area (Å²) in [6.07, 6.45) is -0.434. The van der Waals surface area contributed by atoms with E-state index in [1.54, 1.807) is 6.20 Å². The molecule has 0 aliphatic carbocycles. The topological polar surface area (TPSA) is 154 Å². The molecule has 0 spiro atoms. The number of amides is 1. The first-order valence-electron chi connectivity index (χ1n) is 13.3. The molecule has 1 aromatic heterocycles. The molecule has 0 unspecified atom stereocenters. The van der Waals surface area contributed by atoms with Gasteiger partial charge >= 0.3 is 18.1 Å². The molecule has 3 N–H and O–H groups in total. The zero-order valence-corrected chi connectivity index (χ0v) is 26.5. The fourth-order valence-electron chi connectivity index (χ4n) is 4.32. The number of nitrogens with zero attached hydrogens (tertiary/aromatic N) is 2. The second-order valence-corrected chi connectivity index (χ2v) is 12.7. The maximum Gasteiger partial charge on any atom is 0.416 e. The van der Waals surface area contributed by atoms with Gasteiger partial charge in [0.15, 0.2) is 9.84 Å². The number of nitrogens with one attached hydrogen (secondary N) is 1. The average molecular weight is 713 g/mol. The molecule has 1 aliphatic heterocycles. The van der Waals surface area contributed by atoms with Gasteiger partial charge in [0.05, 0.1) is 32.9 Å². The largest absolute Gasteiger partial charge is 0.478 e. The highest BCUT2D eigenvalue weighted by atomic mass is 79.9. The number of aromatic carboxylic acids is 2. The van der Waals surface area contributed by atoms with Crippen molar-refractivity contribution in [3.8, 4) is 0 Å². The number of sulfone groups is 1. The number of benzene rings is 2. The fourth-order valence-corrected chi connectivity index (χ4v) is 6.19. The van der Waals surface area contributed by atoms with Crippen molar-refractivity contribution in [1.29, 1.82) is 0 Å². The van der Waals surface area contributed by atoms with Gasteiger partial charge in [0.25, 0.3) is 5.91 Å². The van der Waals surface area contributed by atoms with Crippen molar-refractivity contribution in [3.05, 3.63) is 98.3 Å². The first-order valence-corrected chi connectivity index (χ1v) is 15.8. The van der Waals surface area contributed by atoms with Gasteiger partial charge in [-0.15, -0.1) is 0 Å². The summed E-state index contributed by atoms with van der Waals surface area (Å²) >= 11 is 2.99. The van der Waals surface area contributed by atoms with Crippen LogP contribution in [0.25, 0.3) is 6.08 Å². The zero-order valence-electron chi connectivity index (χ0n) is 24.1. The molecule has 2 aromatic carbocycles. The normalized spacial score (nSPS) is 13.7. The van der Waals surface area contributed by atoms with Crippen molar-refractivity contribution in [2.75, 3.05) is 31.9 Å². The van der Waals surface area contributed by atoms with E-state index in [9.17, 15) is 41.1 Å². The highest BCUT2D eigenvalue weighted by Crippen LogP contribution is 2.32. The molecule has 4 rings (SSSR count). The van der Waals surface area contributed by atoms with Crippen LogP contribution in [-0.4, -0.2) is 78.3 Å². The van der Waals surface area contributed by atoms with Crippen LogP contribution in [0.3, 0.4) is 0 Å². The molecular weight excluding hydrogens is 683 g/mol. The number of carboxylic acid groups (broad SMARTS) is 2. The van der Waals surface area contributed by atoms with E-state index in [2.05, 4.69) is 26.2 Å². The van der Waals surface area contributed by atoms with Gasteiger partial charge in [0.1, 0.15) is 0 Å². The summed E-state index contributed by atoms with van der Waals surface area (Å²) in [6, 6.07) is 8.48. The molecule has 240 valence electrons. The lowest BCUT2D eigenvalue weighted by atomic mass is 10.0. The minimum absolute atomic E-state index is 0.0870. The van der Waals surface area contributed by atoms with Crippen molar-refractivity contribution in [1.82, 2.24) is 15.2 Å². The van der Waals surface area contributed by atoms with Crippen LogP contribution in [0.4, 0.5) is 13.2 Å². The molecule has 1 saturated heterocycles. The predicted molar refractivity (Wildman–Crippen MR) is 163 cm³/mol. The second kappa shape index (κ2) is 14.8. The van der Waals surface area contributed by atoms with Crippen LogP contribution in [0.15, 0.2) is 64.1 Å². The highest BCUT2D eigenvalue weighted by Gasteiger charge is 2.31. The summed E-state index contributed by atoms with van der Waals surface area (Å²) in [7, 11) is -4.17. The lowest BCUT2D eigenvalue weighted by Gasteiger charge is -2.27. The van der Waals surface area contributed by atoms with Crippen LogP contribution >= 0.6 is 15.9 Å². The van der Waals surface area contributed by atoms with E-state index in [-0.39, 0.29) is 27.1 Å². The Labute approximate surface area is 265 Å². The van der Waals surface area contributed by atoms with Gasteiger partial charge in [0, 0.05) is 42.5 Å². The minimum atomic E-state index is -4.53. The number of hydrogen-bond donors (Lipinski definition) is 3. The number of pyridine rings is 1. The fraction of sp³-hybridized carbons (Fsp3) is 0.267. The third-order valence-electron chi connectivity index (χ3n) is 6.71. The molecule has 0 saturated carbocycles. The third-order valence-corrected chi connectivity index (χ3v) is 9.04. The lowest BCUT2D eigenvalue weighted by molar-refractivity contribution is -0.137. The minimum Gasteiger partial charge on any atom is -0.478 e. The van der Waals surface area contributed by atoms with Gasteiger partial charge in [0.2, 0.25) is 0 Å². The lowest BCUT2D eigenvalue weighted by Crippen LogP contribution is -2.46. The maximum atomic E-state index is 12.7. The number of halogens is 4. The standard InChI is InChI=1S/C19H14BrF3O6S.C11H15N3O/c1-10-13(17(24)25)6-7-15(16(10)18(26)27)30(28,29)8-2-3-11-4-5-12(9-14(11)20)19(21,22)23;1-9-2-3-10(8-13-9)11(15)14-6-4-12-5-7-14/h2-7,9H,8H2,1H3,(H,24,25)(H,26,27);2-3,8,12H,4-7H2,1H3. The summed E-state index contributed by atoms with van der Waals surface area (Å²) in [5, 5.41) is 21.7. The maximum absolute atomic E-state index is 12.7. The summed E-state index contributed by atoms with van der Waals surface area (Å²) in [4.78, 5) is 40.1. The highest BCUT2D eigenvalue weighted by molar-refractivity contribution is 9.10. The SMILES string of the molecule is Cc1c(C(=O)O)ccc(S(=O)(=O)CC=Cc2ccc(C(F)(F)F)cc2Br)c1C(=O)O.Cc1ccc(C(=O)N2CCNCC2)cn1. The average Bonchev–Trinajstić information content (AvgIpc) is 2.97. The van der Waals surface area contributed by atoms with Crippen LogP contribution in [0, 0.1) is 13.8 Å². The van der Waals surface area contributed by atoms with Crippen molar-refractivity contribution in [3.63, 3.8) is 0 Å². The molecule has 0 radical (unpaired) electrons. The van der Waals surface area contributed by atoms with Gasteiger partial charge in [-0.05, 0) is 61.4 Å². The Morgan fingerprint density at radius 3 is 2.22 bits per heavy atom. The summed E-state index contributed by atoms with van der Waals surface area (Å²) in [5.41, 5.74) is -0.150. The molecule has 1 fully saturated rings. The molecule has 0 atom stereocenters. The molecule has 3 aromatic rings. The predicted octanol–water partition coefficient (Wildman–Crippen LogP) is 5.10. The molecule has 15 heteroatoms. The molecule has 1 amide bonds. The zero-order chi connectivity index (χ0) is 33.5. The first kappa shape index (κ1) is 35.4. The van der Waals surface area contributed by atoms with E-state index in [0.717, 1.165) is 68.3 Å². The molecule has 10 nitrogen and oxygen atoms in total. The Bertz CT molecular complexity index is 1720. The quantitative estimate of drug-likeness (QED) is 0.304. The Morgan fingerprint density at radius 1 is 1.02 bits per heavy atom. The molecule has 0 bridgehead atoms. The van der Waals surface area contributed by atoms with Crippen molar-refractivity contribution in [2.45, 2.75) is 24.9 Å². The van der Waals surface area contributed by atoms with Crippen LogP contribution in [0.2, 0.25) is 0 Å². The van der Waals surface area contributed by atoms with E-state index < -0.39 is 49.7 Å². The Morgan fingerprint density at radius 2 is 1.69 bits per heavy atom. The molecule has 1 aliphatic rings. The number of carboxylic acids is 2. The second-order valence-electron chi connectivity index (χ2n) is 9.87. The van der Waals surface area contributed by atoms with Gasteiger partial charge in [-0.25, -0.2) is 18.0 Å². The number of piperazine rings is 1. The van der Waals surface area contributed by atoms with Crippen molar-refractivity contribution < 1.29 is 46.2 Å². The summed E-state index contributed by atoms with van der Waals surface area (Å²) in [5.74, 6) is -3.55. The number of aromatic nitrogens is 1. The monoisotopic (exact) mass is 711 g/mol. The van der Waals surface area contributed by atoms with Gasteiger partial charge in [-0.3, -0.25) is 9.78 Å².